The number of aromatic nitrogens is 3. The van der Waals surface area contributed by atoms with E-state index in [1.54, 1.807) is 0 Å². The summed E-state index contributed by atoms with van der Waals surface area (Å²) in [5.74, 6) is -0.381. The summed E-state index contributed by atoms with van der Waals surface area (Å²) in [6.45, 7) is 1.91. The van der Waals surface area contributed by atoms with E-state index in [-0.39, 0.29) is 28.8 Å². The third kappa shape index (κ3) is 2.25. The third-order valence-corrected chi connectivity index (χ3v) is 4.32. The van der Waals surface area contributed by atoms with E-state index in [4.69, 9.17) is 0 Å². The van der Waals surface area contributed by atoms with Crippen LogP contribution < -0.4 is 16.8 Å². The lowest BCUT2D eigenvalue weighted by Gasteiger charge is -2.12. The number of aromatic amines is 1. The zero-order valence-electron chi connectivity index (χ0n) is 13.6. The van der Waals surface area contributed by atoms with Crippen molar-refractivity contribution < 1.29 is 5.11 Å². The van der Waals surface area contributed by atoms with Crippen LogP contribution in [-0.4, -0.2) is 19.2 Å². The van der Waals surface area contributed by atoms with E-state index in [9.17, 15) is 19.5 Å². The molecule has 24 heavy (non-hydrogen) atoms. The van der Waals surface area contributed by atoms with Crippen molar-refractivity contribution in [1.29, 1.82) is 0 Å². The first-order valence-electron chi connectivity index (χ1n) is 7.41. The number of nitrogens with zero attached hydrogens (tertiary/aromatic N) is 2. The third-order valence-electron chi connectivity index (χ3n) is 4.32. The highest BCUT2D eigenvalue weighted by Crippen LogP contribution is 2.23. The smallest absolute Gasteiger partial charge is 0.332 e. The highest BCUT2D eigenvalue weighted by molar-refractivity contribution is 5.82. The van der Waals surface area contributed by atoms with Crippen LogP contribution in [0.2, 0.25) is 0 Å². The van der Waals surface area contributed by atoms with Gasteiger partial charge >= 0.3 is 5.69 Å². The first-order chi connectivity index (χ1) is 11.3. The minimum Gasteiger partial charge on any atom is -0.506 e. The number of fused-ring (bicyclic) bond motifs is 1. The molecule has 0 bridgehead atoms. The lowest BCUT2D eigenvalue weighted by atomic mass is 10.0. The molecule has 7 heteroatoms. The molecule has 0 aliphatic heterocycles. The highest BCUT2D eigenvalue weighted by Gasteiger charge is 2.19. The van der Waals surface area contributed by atoms with Crippen LogP contribution in [-0.2, 0) is 20.5 Å². The second kappa shape index (κ2) is 5.52. The number of aryl methyl sites for hydroxylation is 2. The van der Waals surface area contributed by atoms with E-state index in [2.05, 4.69) is 4.98 Å². The van der Waals surface area contributed by atoms with Crippen molar-refractivity contribution >= 4 is 11.0 Å². The van der Waals surface area contributed by atoms with Crippen molar-refractivity contribution in [2.24, 2.45) is 14.1 Å². The van der Waals surface area contributed by atoms with Crippen molar-refractivity contribution in [2.75, 3.05) is 0 Å². The average Bonchev–Trinajstić information content (AvgIpc) is 2.56. The molecule has 2 heterocycles. The Bertz CT molecular complexity index is 1140. The Morgan fingerprint density at radius 1 is 1.08 bits per heavy atom. The molecule has 0 spiro atoms. The lowest BCUT2D eigenvalue weighted by molar-refractivity contribution is 0.472. The minimum absolute atomic E-state index is 0.0131. The zero-order valence-corrected chi connectivity index (χ0v) is 13.6. The first-order valence-corrected chi connectivity index (χ1v) is 7.41. The summed E-state index contributed by atoms with van der Waals surface area (Å²) in [4.78, 5) is 39.3. The monoisotopic (exact) mass is 327 g/mol. The number of H-pyrrole nitrogens is 1. The summed E-state index contributed by atoms with van der Waals surface area (Å²) < 4.78 is 2.04. The molecule has 0 unspecified atom stereocenters. The number of hydrogen-bond acceptors (Lipinski definition) is 4. The van der Waals surface area contributed by atoms with Crippen LogP contribution in [0, 0.1) is 6.92 Å². The Morgan fingerprint density at radius 3 is 2.42 bits per heavy atom. The van der Waals surface area contributed by atoms with Gasteiger partial charge in [0.1, 0.15) is 16.8 Å². The van der Waals surface area contributed by atoms with Crippen LogP contribution in [0.5, 0.6) is 5.75 Å². The molecule has 2 N–H and O–H groups in total. The number of nitrogens with one attached hydrogen (secondary N) is 1. The summed E-state index contributed by atoms with van der Waals surface area (Å²) in [6.07, 6.45) is 0.190. The molecule has 7 nitrogen and oxygen atoms in total. The van der Waals surface area contributed by atoms with Gasteiger partial charge in [0.15, 0.2) is 0 Å². The largest absolute Gasteiger partial charge is 0.506 e. The first kappa shape index (κ1) is 15.8. The summed E-state index contributed by atoms with van der Waals surface area (Å²) in [5.41, 5.74) is 0.226. The van der Waals surface area contributed by atoms with Crippen molar-refractivity contribution in [3.63, 3.8) is 0 Å². The van der Waals surface area contributed by atoms with E-state index < -0.39 is 16.8 Å². The van der Waals surface area contributed by atoms with Crippen LogP contribution in [0.25, 0.3) is 11.0 Å². The SMILES string of the molecule is Cc1ccccc1Cc1c(O)c2c(=O)n(C)c(=O)n(C)c2[nH]c1=O. The number of aromatic hydroxyl groups is 1. The summed E-state index contributed by atoms with van der Waals surface area (Å²) in [5, 5.41) is 10.5. The van der Waals surface area contributed by atoms with Gasteiger partial charge in [0.05, 0.1) is 5.56 Å². The standard InChI is InChI=1S/C17H17N3O4/c1-9-6-4-5-7-10(9)8-11-13(21)12-14(18-15(11)22)19(2)17(24)20(3)16(12)23/h4-7H,8H2,1-3H3,(H2,18,21,22). The molecule has 0 radical (unpaired) electrons. The Kier molecular flexibility index (Phi) is 3.63. The van der Waals surface area contributed by atoms with Crippen LogP contribution >= 0.6 is 0 Å². The maximum Gasteiger partial charge on any atom is 0.332 e. The van der Waals surface area contributed by atoms with E-state index in [0.717, 1.165) is 20.3 Å². The Morgan fingerprint density at radius 2 is 1.75 bits per heavy atom. The molecule has 0 saturated heterocycles. The summed E-state index contributed by atoms with van der Waals surface area (Å²) in [7, 11) is 2.76. The van der Waals surface area contributed by atoms with Crippen LogP contribution in [0.1, 0.15) is 16.7 Å². The van der Waals surface area contributed by atoms with Crippen LogP contribution in [0.3, 0.4) is 0 Å². The van der Waals surface area contributed by atoms with Gasteiger partial charge < -0.3 is 10.1 Å². The maximum atomic E-state index is 12.4. The van der Waals surface area contributed by atoms with Gasteiger partial charge in [-0.15, -0.1) is 0 Å². The molecule has 0 fully saturated rings. The second-order valence-electron chi connectivity index (χ2n) is 5.81. The zero-order chi connectivity index (χ0) is 17.6. The molecule has 1 aromatic carbocycles. The molecule has 3 rings (SSSR count). The van der Waals surface area contributed by atoms with Gasteiger partial charge in [-0.3, -0.25) is 18.7 Å². The molecular weight excluding hydrogens is 310 g/mol. The maximum absolute atomic E-state index is 12.4. The van der Waals surface area contributed by atoms with Crippen molar-refractivity contribution in [2.45, 2.75) is 13.3 Å². The molecular formula is C17H17N3O4. The van der Waals surface area contributed by atoms with Gasteiger partial charge in [-0.25, -0.2) is 4.79 Å². The van der Waals surface area contributed by atoms with Gasteiger partial charge in [0.25, 0.3) is 11.1 Å². The summed E-state index contributed by atoms with van der Waals surface area (Å²) in [6, 6.07) is 7.49. The summed E-state index contributed by atoms with van der Waals surface area (Å²) >= 11 is 0. The highest BCUT2D eigenvalue weighted by atomic mass is 16.3. The fourth-order valence-corrected chi connectivity index (χ4v) is 2.81. The molecule has 0 aliphatic rings. The molecule has 2 aromatic heterocycles. The van der Waals surface area contributed by atoms with Gasteiger partial charge in [-0.1, -0.05) is 24.3 Å². The Labute approximate surface area is 136 Å². The number of pyridine rings is 1. The Balaban J connectivity index is 2.36. The van der Waals surface area contributed by atoms with Crippen molar-refractivity contribution in [1.82, 2.24) is 14.1 Å². The Hall–Kier alpha value is -3.09. The van der Waals surface area contributed by atoms with Gasteiger partial charge in [0.2, 0.25) is 0 Å². The fraction of sp³-hybridized carbons (Fsp3) is 0.235. The van der Waals surface area contributed by atoms with E-state index in [1.165, 1.54) is 14.1 Å². The molecule has 124 valence electrons. The van der Waals surface area contributed by atoms with Gasteiger partial charge in [-0.2, -0.15) is 0 Å². The predicted octanol–water partition coefficient (Wildman–Crippen LogP) is 0.530. The average molecular weight is 327 g/mol. The fourth-order valence-electron chi connectivity index (χ4n) is 2.81. The normalized spacial score (nSPS) is 11.1. The van der Waals surface area contributed by atoms with Gasteiger partial charge in [0, 0.05) is 20.5 Å². The predicted molar refractivity (Wildman–Crippen MR) is 90.7 cm³/mol. The lowest BCUT2D eigenvalue weighted by Crippen LogP contribution is -2.38. The number of hydrogen-bond donors (Lipinski definition) is 2. The number of rotatable bonds is 2. The van der Waals surface area contributed by atoms with Crippen LogP contribution in [0.4, 0.5) is 0 Å². The van der Waals surface area contributed by atoms with E-state index in [0.29, 0.717) is 0 Å². The topological polar surface area (TPSA) is 97.1 Å². The van der Waals surface area contributed by atoms with E-state index >= 15 is 0 Å². The molecule has 0 saturated carbocycles. The quantitative estimate of drug-likeness (QED) is 0.717. The molecule has 0 atom stereocenters. The van der Waals surface area contributed by atoms with Crippen LogP contribution in [0.15, 0.2) is 38.6 Å². The van der Waals surface area contributed by atoms with Gasteiger partial charge in [-0.05, 0) is 18.1 Å². The van der Waals surface area contributed by atoms with Crippen molar-refractivity contribution in [3.05, 3.63) is 72.1 Å². The van der Waals surface area contributed by atoms with Crippen molar-refractivity contribution in [3.8, 4) is 5.75 Å². The van der Waals surface area contributed by atoms with E-state index in [1.807, 2.05) is 31.2 Å². The number of benzene rings is 1. The molecule has 3 aromatic rings. The molecule has 0 amide bonds. The molecule has 0 aliphatic carbocycles. The minimum atomic E-state index is -0.645. The second-order valence-corrected chi connectivity index (χ2v) is 5.81.